The van der Waals surface area contributed by atoms with Gasteiger partial charge in [-0.25, -0.2) is 0 Å². The zero-order valence-electron chi connectivity index (χ0n) is 16.9. The highest BCUT2D eigenvalue weighted by atomic mass is 16.5. The van der Waals surface area contributed by atoms with E-state index in [1.54, 1.807) is 12.1 Å². The Hall–Kier alpha value is -4.00. The van der Waals surface area contributed by atoms with Crippen molar-refractivity contribution in [1.29, 1.82) is 0 Å². The number of hydrogen-bond donors (Lipinski definition) is 1. The predicted octanol–water partition coefficient (Wildman–Crippen LogP) is 2.52. The van der Waals surface area contributed by atoms with Crippen LogP contribution in [0.5, 0.6) is 11.5 Å². The van der Waals surface area contributed by atoms with Gasteiger partial charge in [-0.15, -0.1) is 0 Å². The number of amides is 1. The van der Waals surface area contributed by atoms with E-state index in [-0.39, 0.29) is 17.9 Å². The minimum absolute atomic E-state index is 0.0443. The number of nitroso groups, excluding NO2 is 1. The molecule has 1 aliphatic rings. The highest BCUT2D eigenvalue weighted by molar-refractivity contribution is 6.12. The molecular formula is C24H21N2O5+. The first-order chi connectivity index (χ1) is 15.2. The van der Waals surface area contributed by atoms with Crippen LogP contribution in [-0.2, 0) is 17.8 Å². The molecule has 0 spiro atoms. The summed E-state index contributed by atoms with van der Waals surface area (Å²) in [5.74, 6) is 0.178. The van der Waals surface area contributed by atoms with Gasteiger partial charge in [0.25, 0.3) is 11.6 Å². The van der Waals surface area contributed by atoms with E-state index in [0.717, 1.165) is 17.4 Å². The molecule has 1 atom stereocenters. The molecule has 3 aromatic rings. The van der Waals surface area contributed by atoms with E-state index in [9.17, 15) is 14.5 Å². The number of fused-ring (bicyclic) bond motifs is 1. The summed E-state index contributed by atoms with van der Waals surface area (Å²) < 4.78 is 11.2. The zero-order chi connectivity index (χ0) is 21.8. The maximum atomic E-state index is 13.4. The molecule has 0 fully saturated rings. The van der Waals surface area contributed by atoms with Crippen LogP contribution in [0, 0.1) is 4.91 Å². The molecule has 3 aromatic carbocycles. The van der Waals surface area contributed by atoms with Crippen LogP contribution in [0.25, 0.3) is 0 Å². The lowest BCUT2D eigenvalue weighted by Gasteiger charge is -2.22. The molecule has 0 unspecified atom stereocenters. The van der Waals surface area contributed by atoms with E-state index in [1.165, 1.54) is 24.1 Å². The van der Waals surface area contributed by atoms with Gasteiger partial charge in [0.05, 0.1) is 19.2 Å². The molecule has 1 heterocycles. The molecule has 7 heteroatoms. The van der Waals surface area contributed by atoms with Crippen molar-refractivity contribution in [2.45, 2.75) is 19.1 Å². The summed E-state index contributed by atoms with van der Waals surface area (Å²) in [5, 5.41) is 1.83. The van der Waals surface area contributed by atoms with Crippen LogP contribution in [0.2, 0.25) is 0 Å². The Kier molecular flexibility index (Phi) is 5.75. The number of ether oxygens (including phenoxy) is 2. The molecule has 7 nitrogen and oxygen atoms in total. The Labute approximate surface area is 179 Å². The number of carbonyl (C=O) groups excluding carboxylic acids is 2. The Morgan fingerprint density at radius 3 is 2.55 bits per heavy atom. The number of anilines is 1. The van der Waals surface area contributed by atoms with Gasteiger partial charge in [0, 0.05) is 28.3 Å². The Balaban J connectivity index is 1.69. The van der Waals surface area contributed by atoms with E-state index < -0.39 is 11.9 Å². The van der Waals surface area contributed by atoms with E-state index in [4.69, 9.17) is 9.47 Å². The Morgan fingerprint density at radius 2 is 1.84 bits per heavy atom. The molecule has 1 amide bonds. The first-order valence-corrected chi connectivity index (χ1v) is 9.80. The maximum absolute atomic E-state index is 13.4. The van der Waals surface area contributed by atoms with Crippen LogP contribution in [-0.4, -0.2) is 25.3 Å². The van der Waals surface area contributed by atoms with Gasteiger partial charge in [-0.1, -0.05) is 48.5 Å². The molecule has 1 N–H and O–H groups in total. The third-order valence-electron chi connectivity index (χ3n) is 5.27. The number of benzene rings is 3. The van der Waals surface area contributed by atoms with E-state index in [0.29, 0.717) is 23.6 Å². The average Bonchev–Trinajstić information content (AvgIpc) is 3.21. The fraction of sp³-hybridized carbons (Fsp3) is 0.167. The lowest BCUT2D eigenvalue weighted by Crippen LogP contribution is -2.57. The normalized spacial score (nSPS) is 14.6. The third kappa shape index (κ3) is 3.90. The van der Waals surface area contributed by atoms with Crippen LogP contribution < -0.4 is 19.6 Å². The molecule has 31 heavy (non-hydrogen) atoms. The second-order valence-corrected chi connectivity index (χ2v) is 7.14. The van der Waals surface area contributed by atoms with Gasteiger partial charge in [0.1, 0.15) is 18.5 Å². The molecule has 0 aliphatic carbocycles. The standard InChI is InChI=1S/C24H20N2O5/c1-30-22-12-19(20(25-29)13-23(22)31-15-16-7-3-2-4-8-16)24(28)26-18(14-27)11-17-9-5-6-10-21(17)26/h2-10,12-14,18H,11,15H2,1H3/p+1/t18-/m0/s1. The van der Waals surface area contributed by atoms with Crippen molar-refractivity contribution >= 4 is 23.6 Å². The van der Waals surface area contributed by atoms with Crippen LogP contribution in [0.1, 0.15) is 21.5 Å². The second-order valence-electron chi connectivity index (χ2n) is 7.14. The zero-order valence-corrected chi connectivity index (χ0v) is 16.9. The van der Waals surface area contributed by atoms with Gasteiger partial charge in [-0.05, 0) is 17.2 Å². The van der Waals surface area contributed by atoms with Crippen molar-refractivity contribution in [2.24, 2.45) is 0 Å². The van der Waals surface area contributed by atoms with Gasteiger partial charge in [-0.2, -0.15) is 0 Å². The first kappa shape index (κ1) is 20.3. The number of aldehydes is 1. The SMILES string of the molecule is COc1cc(C(=O)N2c3ccccc3C[C@H]2C=O)c([NH+]=O)cc1OCc1ccccc1. The summed E-state index contributed by atoms with van der Waals surface area (Å²) in [6, 6.07) is 19.2. The fourth-order valence-electron chi connectivity index (χ4n) is 3.74. The number of rotatable bonds is 7. The van der Waals surface area contributed by atoms with Gasteiger partial charge in [0.2, 0.25) is 0 Å². The van der Waals surface area contributed by atoms with Gasteiger partial charge in [-0.3, -0.25) is 9.69 Å². The van der Waals surface area contributed by atoms with Crippen molar-refractivity contribution in [3.63, 3.8) is 0 Å². The van der Waals surface area contributed by atoms with Gasteiger partial charge >= 0.3 is 0 Å². The molecule has 0 bridgehead atoms. The average molecular weight is 417 g/mol. The highest BCUT2D eigenvalue weighted by Crippen LogP contribution is 2.37. The number of nitrogens with one attached hydrogen (secondary N) is 1. The lowest BCUT2D eigenvalue weighted by molar-refractivity contribution is -0.379. The van der Waals surface area contributed by atoms with Crippen LogP contribution in [0.3, 0.4) is 0 Å². The first-order valence-electron chi connectivity index (χ1n) is 9.80. The summed E-state index contributed by atoms with van der Waals surface area (Å²) in [6.07, 6.45) is 1.18. The number of carbonyl (C=O) groups is 2. The molecule has 0 saturated carbocycles. The van der Waals surface area contributed by atoms with Crippen molar-refractivity contribution in [3.05, 3.63) is 88.3 Å². The van der Waals surface area contributed by atoms with Crippen molar-refractivity contribution in [1.82, 2.24) is 0 Å². The molecular weight excluding hydrogens is 396 g/mol. The number of para-hydroxylation sites is 1. The van der Waals surface area contributed by atoms with Crippen LogP contribution in [0.15, 0.2) is 66.7 Å². The Bertz CT molecular complexity index is 1130. The second kappa shape index (κ2) is 8.79. The molecule has 1 aliphatic heterocycles. The quantitative estimate of drug-likeness (QED) is 0.597. The number of nitrogens with zero attached hydrogens (tertiary/aromatic N) is 1. The summed E-state index contributed by atoms with van der Waals surface area (Å²) in [5.41, 5.74) is 2.65. The minimum atomic E-state index is -0.635. The number of methoxy groups -OCH3 is 1. The number of hydrogen-bond acceptors (Lipinski definition) is 5. The van der Waals surface area contributed by atoms with E-state index >= 15 is 0 Å². The minimum Gasteiger partial charge on any atom is -0.493 e. The van der Waals surface area contributed by atoms with Crippen molar-refractivity contribution in [2.75, 3.05) is 12.0 Å². The molecule has 0 aromatic heterocycles. The Morgan fingerprint density at radius 1 is 1.10 bits per heavy atom. The monoisotopic (exact) mass is 417 g/mol. The summed E-state index contributed by atoms with van der Waals surface area (Å²) in [7, 11) is 1.46. The largest absolute Gasteiger partial charge is 0.493 e. The summed E-state index contributed by atoms with van der Waals surface area (Å²) in [4.78, 5) is 38.2. The maximum Gasteiger partial charge on any atom is 0.270 e. The smallest absolute Gasteiger partial charge is 0.270 e. The van der Waals surface area contributed by atoms with Crippen molar-refractivity contribution in [3.8, 4) is 11.5 Å². The van der Waals surface area contributed by atoms with Gasteiger partial charge < -0.3 is 14.3 Å². The fourth-order valence-corrected chi connectivity index (χ4v) is 3.74. The van der Waals surface area contributed by atoms with E-state index in [1.807, 2.05) is 47.6 Å². The molecule has 4 rings (SSSR count). The van der Waals surface area contributed by atoms with Crippen LogP contribution in [0.4, 0.5) is 11.4 Å². The molecule has 156 valence electrons. The van der Waals surface area contributed by atoms with Crippen molar-refractivity contribution < 1.29 is 24.2 Å². The summed E-state index contributed by atoms with van der Waals surface area (Å²) >= 11 is 0. The third-order valence-corrected chi connectivity index (χ3v) is 5.27. The summed E-state index contributed by atoms with van der Waals surface area (Å²) in [6.45, 7) is 0.273. The highest BCUT2D eigenvalue weighted by Gasteiger charge is 2.36. The van der Waals surface area contributed by atoms with Crippen LogP contribution >= 0.6 is 0 Å². The lowest BCUT2D eigenvalue weighted by atomic mass is 10.1. The topological polar surface area (TPSA) is 86.9 Å². The molecule has 0 radical (unpaired) electrons. The van der Waals surface area contributed by atoms with E-state index in [2.05, 4.69) is 0 Å². The van der Waals surface area contributed by atoms with Gasteiger partial charge in [0.15, 0.2) is 11.5 Å². The predicted molar refractivity (Wildman–Crippen MR) is 115 cm³/mol. The molecule has 0 saturated heterocycles.